The molecule has 2 saturated heterocycles. The zero-order valence-corrected chi connectivity index (χ0v) is 21.4. The fourth-order valence-corrected chi connectivity index (χ4v) is 5.93. The number of phenols is 1. The van der Waals surface area contributed by atoms with Crippen molar-refractivity contribution in [1.82, 2.24) is 30.7 Å². The molecule has 1 aromatic carbocycles. The lowest BCUT2D eigenvalue weighted by Gasteiger charge is -2.52. The highest BCUT2D eigenvalue weighted by molar-refractivity contribution is 5.73. The molecule has 194 valence electrons. The summed E-state index contributed by atoms with van der Waals surface area (Å²) in [6.07, 6.45) is 6.36. The molecule has 10 heteroatoms. The van der Waals surface area contributed by atoms with E-state index in [0.717, 1.165) is 38.5 Å². The summed E-state index contributed by atoms with van der Waals surface area (Å²) in [6, 6.07) is 6.85. The van der Waals surface area contributed by atoms with Gasteiger partial charge in [-0.3, -0.25) is 0 Å². The quantitative estimate of drug-likeness (QED) is 0.514. The van der Waals surface area contributed by atoms with Crippen molar-refractivity contribution in [2.75, 3.05) is 12.0 Å². The Morgan fingerprint density at radius 3 is 2.62 bits per heavy atom. The third-order valence-electron chi connectivity index (χ3n) is 7.99. The van der Waals surface area contributed by atoms with Crippen molar-refractivity contribution in [3.63, 3.8) is 0 Å². The van der Waals surface area contributed by atoms with Gasteiger partial charge in [0, 0.05) is 34.8 Å². The highest BCUT2D eigenvalue weighted by Gasteiger charge is 2.50. The number of hydrogen-bond acceptors (Lipinski definition) is 9. The summed E-state index contributed by atoms with van der Waals surface area (Å²) in [5, 5.41) is 31.5. The summed E-state index contributed by atoms with van der Waals surface area (Å²) in [6.45, 7) is 4.02. The Labute approximate surface area is 215 Å². The van der Waals surface area contributed by atoms with E-state index in [9.17, 15) is 5.11 Å². The first-order valence-electron chi connectivity index (χ1n) is 13.0. The van der Waals surface area contributed by atoms with Crippen LogP contribution in [0.2, 0.25) is 0 Å². The van der Waals surface area contributed by atoms with Crippen molar-refractivity contribution in [1.29, 1.82) is 0 Å². The van der Waals surface area contributed by atoms with Gasteiger partial charge in [-0.25, -0.2) is 9.37 Å². The molecular formula is C27H32FN7O2. The first-order chi connectivity index (χ1) is 17.8. The van der Waals surface area contributed by atoms with Gasteiger partial charge in [0.1, 0.15) is 29.1 Å². The monoisotopic (exact) mass is 505 g/mol. The van der Waals surface area contributed by atoms with Crippen molar-refractivity contribution in [3.8, 4) is 34.0 Å². The molecular weight excluding hydrogens is 473 g/mol. The fraction of sp³-hybridized carbons (Fsp3) is 0.519. The zero-order valence-electron chi connectivity index (χ0n) is 21.4. The SMILES string of the molecule is COc1cc(-c2ccc(-c3cnc(N(C4CC4)[C@H]4C[C@]5(C)CCC[C@H](N5)[C@H]4F)nn3)c(O)c2)nnc1C. The summed E-state index contributed by atoms with van der Waals surface area (Å²) >= 11 is 0. The number of aromatic hydroxyl groups is 1. The van der Waals surface area contributed by atoms with E-state index >= 15 is 4.39 Å². The zero-order chi connectivity index (χ0) is 25.7. The highest BCUT2D eigenvalue weighted by Crippen LogP contribution is 2.42. The lowest BCUT2D eigenvalue weighted by atomic mass is 9.74. The molecule has 37 heavy (non-hydrogen) atoms. The van der Waals surface area contributed by atoms with Crippen LogP contribution in [0, 0.1) is 6.92 Å². The number of hydrogen-bond donors (Lipinski definition) is 2. The Bertz CT molecular complexity index is 1300. The molecule has 4 atom stereocenters. The van der Waals surface area contributed by atoms with Crippen LogP contribution in [0.3, 0.4) is 0 Å². The number of benzene rings is 1. The molecule has 0 spiro atoms. The van der Waals surface area contributed by atoms with Crippen LogP contribution in [-0.4, -0.2) is 67.4 Å². The summed E-state index contributed by atoms with van der Waals surface area (Å²) in [4.78, 5) is 6.69. The van der Waals surface area contributed by atoms with Crippen LogP contribution in [0.4, 0.5) is 10.3 Å². The van der Waals surface area contributed by atoms with Crippen molar-refractivity contribution in [2.45, 2.75) is 82.2 Å². The van der Waals surface area contributed by atoms with Crippen LogP contribution in [0.25, 0.3) is 22.5 Å². The Morgan fingerprint density at radius 2 is 1.92 bits per heavy atom. The number of aryl methyl sites for hydroxylation is 1. The van der Waals surface area contributed by atoms with Crippen molar-refractivity contribution in [3.05, 3.63) is 36.2 Å². The maximum atomic E-state index is 15.6. The number of piperidine rings is 2. The van der Waals surface area contributed by atoms with Gasteiger partial charge in [-0.15, -0.1) is 15.3 Å². The van der Waals surface area contributed by atoms with Crippen LogP contribution < -0.4 is 15.0 Å². The van der Waals surface area contributed by atoms with Gasteiger partial charge in [-0.05, 0) is 64.5 Å². The third-order valence-corrected chi connectivity index (χ3v) is 7.99. The van der Waals surface area contributed by atoms with E-state index in [0.29, 0.717) is 39.9 Å². The molecule has 2 N–H and O–H groups in total. The van der Waals surface area contributed by atoms with Gasteiger partial charge in [0.15, 0.2) is 0 Å². The Morgan fingerprint density at radius 1 is 1.11 bits per heavy atom. The van der Waals surface area contributed by atoms with Crippen LogP contribution in [0.5, 0.6) is 11.5 Å². The minimum Gasteiger partial charge on any atom is -0.507 e. The second kappa shape index (κ2) is 9.16. The number of nitrogens with one attached hydrogen (secondary N) is 1. The number of anilines is 1. The number of alkyl halides is 1. The molecule has 4 heterocycles. The minimum atomic E-state index is -0.975. The molecule has 1 aliphatic carbocycles. The predicted molar refractivity (Wildman–Crippen MR) is 137 cm³/mol. The third kappa shape index (κ3) is 4.47. The highest BCUT2D eigenvalue weighted by atomic mass is 19.1. The molecule has 6 rings (SSSR count). The molecule has 3 aliphatic rings. The van der Waals surface area contributed by atoms with Gasteiger partial charge in [0.25, 0.3) is 0 Å². The molecule has 2 aromatic heterocycles. The number of methoxy groups -OCH3 is 1. The number of halogens is 1. The summed E-state index contributed by atoms with van der Waals surface area (Å²) in [5.74, 6) is 1.12. The molecule has 2 bridgehead atoms. The number of rotatable bonds is 6. The number of aromatic nitrogens is 5. The average molecular weight is 506 g/mol. The summed E-state index contributed by atoms with van der Waals surface area (Å²) in [5.41, 5.74) is 2.87. The number of fused-ring (bicyclic) bond motifs is 2. The molecule has 0 amide bonds. The summed E-state index contributed by atoms with van der Waals surface area (Å²) in [7, 11) is 1.58. The van der Waals surface area contributed by atoms with Gasteiger partial charge in [0.05, 0.1) is 25.0 Å². The maximum Gasteiger partial charge on any atom is 0.245 e. The van der Waals surface area contributed by atoms with Gasteiger partial charge < -0.3 is 20.1 Å². The van der Waals surface area contributed by atoms with Crippen LogP contribution in [0.1, 0.15) is 51.1 Å². The number of phenolic OH excluding ortho intramolecular Hbond substituents is 1. The van der Waals surface area contributed by atoms with E-state index in [-0.39, 0.29) is 29.4 Å². The molecule has 1 saturated carbocycles. The van der Waals surface area contributed by atoms with Gasteiger partial charge in [-0.2, -0.15) is 5.10 Å². The average Bonchev–Trinajstić information content (AvgIpc) is 3.73. The largest absolute Gasteiger partial charge is 0.507 e. The second-order valence-corrected chi connectivity index (χ2v) is 10.8. The van der Waals surface area contributed by atoms with Crippen molar-refractivity contribution in [2.24, 2.45) is 0 Å². The fourth-order valence-electron chi connectivity index (χ4n) is 5.93. The topological polar surface area (TPSA) is 109 Å². The van der Waals surface area contributed by atoms with Gasteiger partial charge in [-0.1, -0.05) is 6.07 Å². The lowest BCUT2D eigenvalue weighted by molar-refractivity contribution is 0.0582. The van der Waals surface area contributed by atoms with E-state index < -0.39 is 6.17 Å². The Balaban J connectivity index is 1.26. The number of nitrogens with zero attached hydrogens (tertiary/aromatic N) is 6. The van der Waals surface area contributed by atoms with E-state index in [2.05, 4.69) is 42.5 Å². The normalized spacial score (nSPS) is 27.1. The smallest absolute Gasteiger partial charge is 0.245 e. The van der Waals surface area contributed by atoms with Gasteiger partial charge >= 0.3 is 0 Å². The van der Waals surface area contributed by atoms with E-state index in [1.165, 1.54) is 0 Å². The molecule has 3 fully saturated rings. The Hall–Kier alpha value is -3.40. The minimum absolute atomic E-state index is 0.0321. The van der Waals surface area contributed by atoms with Crippen LogP contribution >= 0.6 is 0 Å². The number of ether oxygens (including phenoxy) is 1. The predicted octanol–water partition coefficient (Wildman–Crippen LogP) is 4.00. The van der Waals surface area contributed by atoms with Crippen molar-refractivity contribution < 1.29 is 14.2 Å². The molecule has 2 aliphatic heterocycles. The molecule has 9 nitrogen and oxygen atoms in total. The molecule has 0 radical (unpaired) electrons. The van der Waals surface area contributed by atoms with E-state index in [1.54, 1.807) is 31.5 Å². The first kappa shape index (κ1) is 24.0. The Kier molecular flexibility index (Phi) is 5.94. The van der Waals surface area contributed by atoms with E-state index in [4.69, 9.17) is 4.74 Å². The summed E-state index contributed by atoms with van der Waals surface area (Å²) < 4.78 is 21.0. The van der Waals surface area contributed by atoms with Gasteiger partial charge in [0.2, 0.25) is 5.95 Å². The standard InChI is InChI=1S/C27H32FN7O2/c1-15-24(37-3)12-20(32-31-15)16-6-9-18(23(36)11-16)21-14-29-26(34-33-21)35(17-7-8-17)22-13-27(2)10-4-5-19(30-27)25(22)28/h6,9,11-12,14,17,19,22,25,30,36H,4-5,7-8,10,13H2,1-3H3/t19-,22-,25+,27-/m0/s1. The second-order valence-electron chi connectivity index (χ2n) is 10.8. The molecule has 3 aromatic rings. The van der Waals surface area contributed by atoms with Crippen LogP contribution in [0.15, 0.2) is 30.5 Å². The molecule has 0 unspecified atom stereocenters. The first-order valence-corrected chi connectivity index (χ1v) is 13.0. The van der Waals surface area contributed by atoms with E-state index in [1.807, 2.05) is 13.0 Å². The lowest BCUT2D eigenvalue weighted by Crippen LogP contribution is -2.67. The maximum absolute atomic E-state index is 15.6. The van der Waals surface area contributed by atoms with Crippen molar-refractivity contribution >= 4 is 5.95 Å². The van der Waals surface area contributed by atoms with Crippen LogP contribution in [-0.2, 0) is 0 Å².